The Morgan fingerprint density at radius 2 is 1.97 bits per heavy atom. The summed E-state index contributed by atoms with van der Waals surface area (Å²) in [5, 5.41) is 5.30. The van der Waals surface area contributed by atoms with Gasteiger partial charge in [-0.2, -0.15) is 0 Å². The van der Waals surface area contributed by atoms with Crippen molar-refractivity contribution in [3.05, 3.63) is 87.1 Å². The second kappa shape index (κ2) is 8.34. The molecule has 0 radical (unpaired) electrons. The first-order valence-corrected chi connectivity index (χ1v) is 10.5. The zero-order valence-corrected chi connectivity index (χ0v) is 17.6. The highest BCUT2D eigenvalue weighted by molar-refractivity contribution is 7.12. The molecular formula is C23H18ClNO4S. The summed E-state index contributed by atoms with van der Waals surface area (Å²) in [5.41, 5.74) is 1.14. The molecule has 152 valence electrons. The van der Waals surface area contributed by atoms with E-state index >= 15 is 0 Å². The van der Waals surface area contributed by atoms with Crippen molar-refractivity contribution >= 4 is 46.6 Å². The molecule has 7 heteroatoms. The Labute approximate surface area is 182 Å². The molecule has 0 saturated heterocycles. The Hall–Kier alpha value is -3.09. The van der Waals surface area contributed by atoms with Gasteiger partial charge in [-0.05, 0) is 66.9 Å². The number of rotatable bonds is 5. The molecule has 1 N–H and O–H groups in total. The van der Waals surface area contributed by atoms with E-state index < -0.39 is 11.6 Å². The predicted octanol–water partition coefficient (Wildman–Crippen LogP) is 5.68. The van der Waals surface area contributed by atoms with Gasteiger partial charge in [0.25, 0.3) is 5.91 Å². The Bertz CT molecular complexity index is 1110. The summed E-state index contributed by atoms with van der Waals surface area (Å²) in [6.07, 6.45) is 3.74. The first kappa shape index (κ1) is 20.2. The van der Waals surface area contributed by atoms with Gasteiger partial charge < -0.3 is 14.8 Å². The third-order valence-corrected chi connectivity index (χ3v) is 5.66. The highest BCUT2D eigenvalue weighted by Gasteiger charge is 2.29. The summed E-state index contributed by atoms with van der Waals surface area (Å²) in [6, 6.07) is 15.5. The number of hydrogen-bond acceptors (Lipinski definition) is 5. The molecular weight excluding hydrogens is 422 g/mol. The maximum atomic E-state index is 12.2. The lowest BCUT2D eigenvalue weighted by atomic mass is 10.0. The van der Waals surface area contributed by atoms with Crippen LogP contribution in [0.1, 0.15) is 32.5 Å². The van der Waals surface area contributed by atoms with E-state index in [1.54, 1.807) is 42.5 Å². The number of halogens is 1. The van der Waals surface area contributed by atoms with Crippen LogP contribution in [-0.2, 0) is 4.74 Å². The summed E-state index contributed by atoms with van der Waals surface area (Å²) in [5.74, 6) is 0.0589. The number of thiophene rings is 1. The minimum Gasteiger partial charge on any atom is -0.479 e. The normalized spacial score (nSPS) is 17.0. The van der Waals surface area contributed by atoms with Gasteiger partial charge in [-0.15, -0.1) is 11.3 Å². The molecule has 5 nitrogen and oxygen atoms in total. The van der Waals surface area contributed by atoms with E-state index in [2.05, 4.69) is 5.32 Å². The van der Waals surface area contributed by atoms with Gasteiger partial charge in [-0.3, -0.25) is 4.79 Å². The average Bonchev–Trinajstić information content (AvgIpc) is 3.28. The molecule has 3 aromatic rings. The number of fused-ring (bicyclic) bond motifs is 1. The van der Waals surface area contributed by atoms with Crippen LogP contribution in [0.15, 0.2) is 66.1 Å². The van der Waals surface area contributed by atoms with Gasteiger partial charge in [-0.1, -0.05) is 23.7 Å². The summed E-state index contributed by atoms with van der Waals surface area (Å²) in [6.45, 7) is 1.90. The van der Waals surface area contributed by atoms with Gasteiger partial charge >= 0.3 is 5.97 Å². The highest BCUT2D eigenvalue weighted by atomic mass is 35.5. The minimum absolute atomic E-state index is 0.0568. The lowest BCUT2D eigenvalue weighted by Crippen LogP contribution is -2.38. The number of hydrogen-bond donors (Lipinski definition) is 1. The zero-order valence-electron chi connectivity index (χ0n) is 16.1. The zero-order chi connectivity index (χ0) is 21.1. The van der Waals surface area contributed by atoms with Crippen molar-refractivity contribution in [1.29, 1.82) is 0 Å². The smallest absolute Gasteiger partial charge is 0.338 e. The molecule has 0 spiro atoms. The average molecular weight is 440 g/mol. The number of carbonyl (C=O) groups is 2. The third-order valence-electron chi connectivity index (χ3n) is 4.54. The molecule has 1 aliphatic heterocycles. The molecule has 1 aromatic heterocycles. The Kier molecular flexibility index (Phi) is 5.61. The molecule has 4 rings (SSSR count). The van der Waals surface area contributed by atoms with Crippen LogP contribution in [0, 0.1) is 0 Å². The predicted molar refractivity (Wildman–Crippen MR) is 119 cm³/mol. The number of carbonyl (C=O) groups excluding carboxylic acids is 2. The molecule has 2 aromatic carbocycles. The van der Waals surface area contributed by atoms with E-state index in [1.165, 1.54) is 11.3 Å². The van der Waals surface area contributed by atoms with Gasteiger partial charge in [0, 0.05) is 16.3 Å². The van der Waals surface area contributed by atoms with Crippen LogP contribution in [0.4, 0.5) is 5.69 Å². The van der Waals surface area contributed by atoms with Crippen LogP contribution in [-0.4, -0.2) is 24.1 Å². The van der Waals surface area contributed by atoms with Crippen molar-refractivity contribution in [3.63, 3.8) is 0 Å². The van der Waals surface area contributed by atoms with Crippen LogP contribution in [0.25, 0.3) is 6.08 Å². The first-order valence-electron chi connectivity index (χ1n) is 9.22. The Morgan fingerprint density at radius 3 is 2.70 bits per heavy atom. The van der Waals surface area contributed by atoms with E-state index in [0.717, 1.165) is 5.56 Å². The van der Waals surface area contributed by atoms with Gasteiger partial charge in [-0.25, -0.2) is 4.79 Å². The van der Waals surface area contributed by atoms with Crippen molar-refractivity contribution in [3.8, 4) is 5.75 Å². The van der Waals surface area contributed by atoms with Gasteiger partial charge in [0.2, 0.25) is 0 Å². The summed E-state index contributed by atoms with van der Waals surface area (Å²) >= 11 is 7.23. The van der Waals surface area contributed by atoms with Gasteiger partial charge in [0.1, 0.15) is 12.4 Å². The SMILES string of the molecule is CC1(COC(=O)c2ccc(Cl)cc2)C=Cc2cc(NC(=O)c3cccs3)ccc2O1. The van der Waals surface area contributed by atoms with E-state index in [9.17, 15) is 9.59 Å². The molecule has 30 heavy (non-hydrogen) atoms. The first-order chi connectivity index (χ1) is 14.4. The van der Waals surface area contributed by atoms with E-state index in [4.69, 9.17) is 21.1 Å². The standard InChI is InChI=1S/C23H18ClNO4S/c1-23(14-28-22(27)15-4-6-17(24)7-5-15)11-10-16-13-18(8-9-19(16)29-23)25-21(26)20-3-2-12-30-20/h2-13H,14H2,1H3,(H,25,26). The Balaban J connectivity index is 1.40. The molecule has 0 fully saturated rings. The van der Waals surface area contributed by atoms with Crippen molar-refractivity contribution < 1.29 is 19.1 Å². The number of benzene rings is 2. The molecule has 2 heterocycles. The van der Waals surface area contributed by atoms with Crippen LogP contribution >= 0.6 is 22.9 Å². The van der Waals surface area contributed by atoms with E-state index in [1.807, 2.05) is 36.6 Å². The summed E-state index contributed by atoms with van der Waals surface area (Å²) < 4.78 is 11.5. The van der Waals surface area contributed by atoms with Crippen molar-refractivity contribution in [2.45, 2.75) is 12.5 Å². The number of esters is 1. The highest BCUT2D eigenvalue weighted by Crippen LogP contribution is 2.33. The quantitative estimate of drug-likeness (QED) is 0.520. The number of amides is 1. The summed E-state index contributed by atoms with van der Waals surface area (Å²) in [4.78, 5) is 25.1. The number of anilines is 1. The molecule has 0 saturated carbocycles. The molecule has 1 unspecified atom stereocenters. The topological polar surface area (TPSA) is 64.6 Å². The van der Waals surface area contributed by atoms with E-state index in [-0.39, 0.29) is 12.5 Å². The lowest BCUT2D eigenvalue weighted by Gasteiger charge is -2.31. The lowest BCUT2D eigenvalue weighted by molar-refractivity contribution is 0.0140. The molecule has 1 atom stereocenters. The molecule has 1 amide bonds. The monoisotopic (exact) mass is 439 g/mol. The maximum Gasteiger partial charge on any atom is 0.338 e. The van der Waals surface area contributed by atoms with Crippen molar-refractivity contribution in [1.82, 2.24) is 0 Å². The second-order valence-electron chi connectivity index (χ2n) is 7.02. The van der Waals surface area contributed by atoms with Gasteiger partial charge in [0.05, 0.1) is 10.4 Å². The molecule has 0 bridgehead atoms. The number of ether oxygens (including phenoxy) is 2. The number of nitrogens with one attached hydrogen (secondary N) is 1. The van der Waals surface area contributed by atoms with Gasteiger partial charge in [0.15, 0.2) is 5.60 Å². The molecule has 1 aliphatic rings. The fraction of sp³-hybridized carbons (Fsp3) is 0.130. The fourth-order valence-corrected chi connectivity index (χ4v) is 3.70. The van der Waals surface area contributed by atoms with Crippen LogP contribution in [0.3, 0.4) is 0 Å². The Morgan fingerprint density at radius 1 is 1.17 bits per heavy atom. The van der Waals surface area contributed by atoms with Crippen LogP contribution in [0.2, 0.25) is 5.02 Å². The largest absolute Gasteiger partial charge is 0.479 e. The van der Waals surface area contributed by atoms with Crippen LogP contribution in [0.5, 0.6) is 5.75 Å². The van der Waals surface area contributed by atoms with Crippen LogP contribution < -0.4 is 10.1 Å². The van der Waals surface area contributed by atoms with Crippen molar-refractivity contribution in [2.75, 3.05) is 11.9 Å². The minimum atomic E-state index is -0.795. The fourth-order valence-electron chi connectivity index (χ4n) is 2.96. The third kappa shape index (κ3) is 4.56. The van der Waals surface area contributed by atoms with E-state index in [0.29, 0.717) is 26.9 Å². The van der Waals surface area contributed by atoms with Crippen molar-refractivity contribution in [2.24, 2.45) is 0 Å². The maximum absolute atomic E-state index is 12.2. The second-order valence-corrected chi connectivity index (χ2v) is 8.40. The summed E-state index contributed by atoms with van der Waals surface area (Å²) in [7, 11) is 0. The molecule has 0 aliphatic carbocycles.